The van der Waals surface area contributed by atoms with Gasteiger partial charge in [0.1, 0.15) is 5.82 Å². The molecule has 0 fully saturated rings. The second kappa shape index (κ2) is 9.66. The van der Waals surface area contributed by atoms with E-state index >= 15 is 0 Å². The third-order valence-corrected chi connectivity index (χ3v) is 4.07. The number of aryl methyl sites for hydroxylation is 1. The maximum Gasteiger partial charge on any atom is 0.251 e. The lowest BCUT2D eigenvalue weighted by molar-refractivity contribution is 0.0939. The van der Waals surface area contributed by atoms with E-state index in [-0.39, 0.29) is 11.9 Å². The predicted molar refractivity (Wildman–Crippen MR) is 92.3 cm³/mol. The molecule has 4 nitrogen and oxygen atoms in total. The Labute approximate surface area is 132 Å². The number of pyridine rings is 1. The number of nitrogens with zero attached hydrogens (tertiary/aromatic N) is 1. The first-order valence-corrected chi connectivity index (χ1v) is 8.89. The number of hydrogen-bond acceptors (Lipinski definition) is 4. The molecule has 0 bridgehead atoms. The Balaban J connectivity index is 2.69. The maximum absolute atomic E-state index is 12.3. The number of carbonyl (C=O) groups excluding carboxylic acids is 1. The Morgan fingerprint density at radius 2 is 2.10 bits per heavy atom. The van der Waals surface area contributed by atoms with Crippen LogP contribution >= 0.6 is 11.8 Å². The molecule has 0 aliphatic rings. The van der Waals surface area contributed by atoms with E-state index < -0.39 is 0 Å². The van der Waals surface area contributed by atoms with Crippen molar-refractivity contribution in [3.63, 3.8) is 0 Å². The molecule has 1 aromatic rings. The molecule has 0 aliphatic carbocycles. The molecule has 0 saturated carbocycles. The van der Waals surface area contributed by atoms with Crippen LogP contribution in [0.25, 0.3) is 0 Å². The zero-order valence-electron chi connectivity index (χ0n) is 13.5. The van der Waals surface area contributed by atoms with Crippen LogP contribution in [0.5, 0.6) is 0 Å². The van der Waals surface area contributed by atoms with Gasteiger partial charge in [-0.05, 0) is 50.3 Å². The van der Waals surface area contributed by atoms with Gasteiger partial charge in [-0.15, -0.1) is 0 Å². The number of rotatable bonds is 9. The third kappa shape index (κ3) is 6.38. The first kappa shape index (κ1) is 17.8. The minimum Gasteiger partial charge on any atom is -0.370 e. The van der Waals surface area contributed by atoms with E-state index in [4.69, 9.17) is 0 Å². The molecule has 1 amide bonds. The molecule has 0 aliphatic heterocycles. The highest BCUT2D eigenvalue weighted by atomic mass is 32.2. The number of hydrogen-bond donors (Lipinski definition) is 2. The van der Waals surface area contributed by atoms with Gasteiger partial charge in [0.15, 0.2) is 0 Å². The number of carbonyl (C=O) groups is 1. The Hall–Kier alpha value is -1.23. The van der Waals surface area contributed by atoms with Crippen molar-refractivity contribution in [3.8, 4) is 0 Å². The molecule has 1 rings (SSSR count). The van der Waals surface area contributed by atoms with Gasteiger partial charge in [-0.25, -0.2) is 4.98 Å². The summed E-state index contributed by atoms with van der Waals surface area (Å²) in [6, 6.07) is 3.90. The molecule has 0 aromatic carbocycles. The van der Waals surface area contributed by atoms with Crippen molar-refractivity contribution in [2.24, 2.45) is 0 Å². The second-order valence-corrected chi connectivity index (χ2v) is 6.37. The van der Waals surface area contributed by atoms with Crippen molar-refractivity contribution >= 4 is 23.5 Å². The third-order valence-electron chi connectivity index (χ3n) is 3.14. The number of anilines is 1. The molecule has 0 saturated heterocycles. The largest absolute Gasteiger partial charge is 0.370 e. The van der Waals surface area contributed by atoms with Gasteiger partial charge in [0.2, 0.25) is 0 Å². The lowest BCUT2D eigenvalue weighted by Gasteiger charge is -2.14. The lowest BCUT2D eigenvalue weighted by Crippen LogP contribution is -2.33. The van der Waals surface area contributed by atoms with Crippen LogP contribution in [0.15, 0.2) is 12.1 Å². The number of aromatic nitrogens is 1. The molecule has 1 aromatic heterocycles. The lowest BCUT2D eigenvalue weighted by atomic mass is 10.1. The van der Waals surface area contributed by atoms with Crippen molar-refractivity contribution in [2.75, 3.05) is 23.4 Å². The summed E-state index contributed by atoms with van der Waals surface area (Å²) in [5.74, 6) is 2.96. The fraction of sp³-hybridized carbons (Fsp3) is 0.625. The zero-order chi connectivity index (χ0) is 15.7. The summed E-state index contributed by atoms with van der Waals surface area (Å²) >= 11 is 1.90. The van der Waals surface area contributed by atoms with Crippen LogP contribution in [0.2, 0.25) is 0 Å². The molecular formula is C16H27N3OS. The van der Waals surface area contributed by atoms with Gasteiger partial charge in [0, 0.05) is 23.8 Å². The highest BCUT2D eigenvalue weighted by Gasteiger charge is 2.12. The van der Waals surface area contributed by atoms with Gasteiger partial charge in [0.25, 0.3) is 5.91 Å². The second-order valence-electron chi connectivity index (χ2n) is 4.98. The summed E-state index contributed by atoms with van der Waals surface area (Å²) in [6.45, 7) is 9.07. The van der Waals surface area contributed by atoms with E-state index in [0.717, 1.165) is 42.4 Å². The molecule has 118 valence electrons. The van der Waals surface area contributed by atoms with E-state index in [1.165, 1.54) is 0 Å². The van der Waals surface area contributed by atoms with Crippen molar-refractivity contribution in [3.05, 3.63) is 23.4 Å². The minimum atomic E-state index is -0.0137. The first-order valence-electron chi connectivity index (χ1n) is 7.74. The minimum absolute atomic E-state index is 0.0137. The monoisotopic (exact) mass is 309 g/mol. The van der Waals surface area contributed by atoms with Crippen molar-refractivity contribution < 1.29 is 4.79 Å². The van der Waals surface area contributed by atoms with Crippen LogP contribution in [0.1, 0.15) is 50.2 Å². The molecule has 1 unspecified atom stereocenters. The van der Waals surface area contributed by atoms with Crippen LogP contribution < -0.4 is 10.6 Å². The van der Waals surface area contributed by atoms with Crippen LogP contribution in [-0.2, 0) is 6.42 Å². The van der Waals surface area contributed by atoms with Crippen molar-refractivity contribution in [1.29, 1.82) is 0 Å². The molecule has 5 heteroatoms. The molecule has 21 heavy (non-hydrogen) atoms. The fourth-order valence-corrected chi connectivity index (χ4v) is 2.76. The fourth-order valence-electron chi connectivity index (χ4n) is 1.96. The van der Waals surface area contributed by atoms with Crippen LogP contribution in [0, 0.1) is 0 Å². The van der Waals surface area contributed by atoms with Crippen LogP contribution in [0.3, 0.4) is 0 Å². The number of nitrogens with one attached hydrogen (secondary N) is 2. The summed E-state index contributed by atoms with van der Waals surface area (Å²) in [6.07, 6.45) is 1.82. The van der Waals surface area contributed by atoms with E-state index in [1.54, 1.807) is 0 Å². The smallest absolute Gasteiger partial charge is 0.251 e. The molecule has 0 spiro atoms. The van der Waals surface area contributed by atoms with E-state index in [0.29, 0.717) is 5.56 Å². The Morgan fingerprint density at radius 1 is 1.33 bits per heavy atom. The first-order chi connectivity index (χ1) is 10.1. The summed E-state index contributed by atoms with van der Waals surface area (Å²) in [5.41, 5.74) is 1.63. The zero-order valence-corrected chi connectivity index (χ0v) is 14.3. The predicted octanol–water partition coefficient (Wildman–Crippen LogP) is 3.34. The Bertz CT molecular complexity index is 451. The van der Waals surface area contributed by atoms with Gasteiger partial charge in [-0.3, -0.25) is 4.79 Å². The Kier molecular flexibility index (Phi) is 8.20. The molecule has 1 atom stereocenters. The Morgan fingerprint density at radius 3 is 2.71 bits per heavy atom. The van der Waals surface area contributed by atoms with E-state index in [9.17, 15) is 4.79 Å². The van der Waals surface area contributed by atoms with Crippen molar-refractivity contribution in [2.45, 2.75) is 46.6 Å². The molecule has 1 heterocycles. The van der Waals surface area contributed by atoms with Gasteiger partial charge in [-0.1, -0.05) is 13.8 Å². The summed E-state index contributed by atoms with van der Waals surface area (Å²) in [7, 11) is 0. The van der Waals surface area contributed by atoms with Gasteiger partial charge >= 0.3 is 0 Å². The van der Waals surface area contributed by atoms with Crippen LogP contribution in [-0.4, -0.2) is 35.0 Å². The highest BCUT2D eigenvalue weighted by Crippen LogP contribution is 2.12. The van der Waals surface area contributed by atoms with Crippen LogP contribution in [0.4, 0.5) is 5.82 Å². The van der Waals surface area contributed by atoms with Gasteiger partial charge in [-0.2, -0.15) is 11.8 Å². The quantitative estimate of drug-likeness (QED) is 0.687. The van der Waals surface area contributed by atoms with Gasteiger partial charge < -0.3 is 10.6 Å². The number of amides is 1. The average Bonchev–Trinajstić information content (AvgIpc) is 2.47. The molecular weight excluding hydrogens is 282 g/mol. The maximum atomic E-state index is 12.3. The number of thioether (sulfide) groups is 1. The summed E-state index contributed by atoms with van der Waals surface area (Å²) in [5, 5.41) is 6.25. The SMILES string of the molecule is CCNc1cc(C(=O)NC(C)CCSCC)cc(CC)n1. The van der Waals surface area contributed by atoms with Crippen molar-refractivity contribution in [1.82, 2.24) is 10.3 Å². The summed E-state index contributed by atoms with van der Waals surface area (Å²) in [4.78, 5) is 16.8. The topological polar surface area (TPSA) is 54.0 Å². The summed E-state index contributed by atoms with van der Waals surface area (Å²) < 4.78 is 0. The van der Waals surface area contributed by atoms with E-state index in [2.05, 4.69) is 29.5 Å². The van der Waals surface area contributed by atoms with E-state index in [1.807, 2.05) is 37.7 Å². The van der Waals surface area contributed by atoms with Gasteiger partial charge in [0.05, 0.1) is 0 Å². The highest BCUT2D eigenvalue weighted by molar-refractivity contribution is 7.99. The standard InChI is InChI=1S/C16H27N3OS/c1-5-14-10-13(11-15(19-14)17-6-2)16(20)18-12(4)8-9-21-7-3/h10-12H,5-9H2,1-4H3,(H,17,19)(H,18,20). The normalized spacial score (nSPS) is 12.0. The molecule has 0 radical (unpaired) electrons. The average molecular weight is 309 g/mol. The molecule has 2 N–H and O–H groups in total.